The standard InChI is InChI=1S/C19H21N7O/c1-13-4-3-5-15(10-13)23-18-17-16(21-12-22-18)11-20-19(24-17)26-8-6-25(7-9-26)14(2)27/h3-5,10-12H,6-9H2,1-2H3,(H,21,22,23). The summed E-state index contributed by atoms with van der Waals surface area (Å²) < 4.78 is 0. The average Bonchev–Trinajstić information content (AvgIpc) is 2.68. The van der Waals surface area contributed by atoms with Gasteiger partial charge in [-0.2, -0.15) is 0 Å². The molecule has 0 bridgehead atoms. The highest BCUT2D eigenvalue weighted by Crippen LogP contribution is 2.23. The Bertz CT molecular complexity index is 983. The zero-order valence-electron chi connectivity index (χ0n) is 15.4. The molecule has 0 unspecified atom stereocenters. The van der Waals surface area contributed by atoms with Gasteiger partial charge in [-0.25, -0.2) is 19.9 Å². The number of rotatable bonds is 3. The smallest absolute Gasteiger partial charge is 0.226 e. The molecular weight excluding hydrogens is 342 g/mol. The van der Waals surface area contributed by atoms with E-state index in [4.69, 9.17) is 4.98 Å². The first-order valence-corrected chi connectivity index (χ1v) is 8.92. The lowest BCUT2D eigenvalue weighted by molar-refractivity contribution is -0.129. The first-order chi connectivity index (χ1) is 13.1. The minimum absolute atomic E-state index is 0.104. The normalized spacial score (nSPS) is 14.4. The van der Waals surface area contributed by atoms with Gasteiger partial charge in [0.05, 0.1) is 6.20 Å². The largest absolute Gasteiger partial charge is 0.339 e. The molecule has 4 rings (SSSR count). The first kappa shape index (κ1) is 17.1. The fourth-order valence-corrected chi connectivity index (χ4v) is 3.17. The van der Waals surface area contributed by atoms with Crippen LogP contribution >= 0.6 is 0 Å². The zero-order chi connectivity index (χ0) is 18.8. The Morgan fingerprint density at radius 1 is 1.11 bits per heavy atom. The van der Waals surface area contributed by atoms with Crippen LogP contribution in [0.15, 0.2) is 36.8 Å². The molecule has 1 aliphatic rings. The maximum atomic E-state index is 11.5. The Kier molecular flexibility index (Phi) is 4.53. The lowest BCUT2D eigenvalue weighted by Gasteiger charge is -2.34. The summed E-state index contributed by atoms with van der Waals surface area (Å²) >= 11 is 0. The molecule has 8 nitrogen and oxygen atoms in total. The number of piperazine rings is 1. The van der Waals surface area contributed by atoms with Crippen LogP contribution in [0.25, 0.3) is 11.0 Å². The third-order valence-electron chi connectivity index (χ3n) is 4.65. The molecule has 138 valence electrons. The molecule has 0 radical (unpaired) electrons. The van der Waals surface area contributed by atoms with Crippen molar-refractivity contribution in [2.75, 3.05) is 36.4 Å². The maximum absolute atomic E-state index is 11.5. The molecule has 0 aliphatic carbocycles. The van der Waals surface area contributed by atoms with Gasteiger partial charge in [0.2, 0.25) is 11.9 Å². The molecule has 1 amide bonds. The van der Waals surface area contributed by atoms with Crippen LogP contribution in [0.2, 0.25) is 0 Å². The molecule has 1 saturated heterocycles. The van der Waals surface area contributed by atoms with Gasteiger partial charge in [0.15, 0.2) is 5.82 Å². The van der Waals surface area contributed by atoms with Crippen molar-refractivity contribution < 1.29 is 4.79 Å². The molecule has 3 heterocycles. The highest BCUT2D eigenvalue weighted by atomic mass is 16.2. The van der Waals surface area contributed by atoms with Crippen LogP contribution in [0.5, 0.6) is 0 Å². The first-order valence-electron chi connectivity index (χ1n) is 8.92. The van der Waals surface area contributed by atoms with Gasteiger partial charge in [-0.3, -0.25) is 4.79 Å². The van der Waals surface area contributed by atoms with Crippen molar-refractivity contribution in [3.8, 4) is 0 Å². The molecular formula is C19H21N7O. The number of hydrogen-bond acceptors (Lipinski definition) is 7. The van der Waals surface area contributed by atoms with Crippen molar-refractivity contribution in [2.24, 2.45) is 0 Å². The Balaban J connectivity index is 1.62. The molecule has 0 spiro atoms. The molecule has 1 N–H and O–H groups in total. The molecule has 8 heteroatoms. The van der Waals surface area contributed by atoms with Crippen LogP contribution in [0.3, 0.4) is 0 Å². The fraction of sp³-hybridized carbons (Fsp3) is 0.316. The Morgan fingerprint density at radius 3 is 2.67 bits per heavy atom. The molecule has 2 aromatic heterocycles. The van der Waals surface area contributed by atoms with Crippen molar-refractivity contribution in [1.82, 2.24) is 24.8 Å². The summed E-state index contributed by atoms with van der Waals surface area (Å²) in [7, 11) is 0. The average molecular weight is 363 g/mol. The van der Waals surface area contributed by atoms with E-state index >= 15 is 0 Å². The quantitative estimate of drug-likeness (QED) is 0.763. The van der Waals surface area contributed by atoms with Crippen LogP contribution in [-0.4, -0.2) is 56.9 Å². The summed E-state index contributed by atoms with van der Waals surface area (Å²) in [6.07, 6.45) is 3.23. The van der Waals surface area contributed by atoms with Gasteiger partial charge in [0.25, 0.3) is 0 Å². The maximum Gasteiger partial charge on any atom is 0.226 e. The molecule has 0 atom stereocenters. The van der Waals surface area contributed by atoms with E-state index in [1.165, 1.54) is 6.33 Å². The highest BCUT2D eigenvalue weighted by molar-refractivity contribution is 5.87. The zero-order valence-corrected chi connectivity index (χ0v) is 15.4. The van der Waals surface area contributed by atoms with Gasteiger partial charge < -0.3 is 15.1 Å². The molecule has 3 aromatic rings. The van der Waals surface area contributed by atoms with Gasteiger partial charge in [0.1, 0.15) is 17.4 Å². The summed E-state index contributed by atoms with van der Waals surface area (Å²) in [6.45, 7) is 6.42. The number of carbonyl (C=O) groups is 1. The number of benzene rings is 1. The van der Waals surface area contributed by atoms with Crippen LogP contribution in [0.1, 0.15) is 12.5 Å². The summed E-state index contributed by atoms with van der Waals surface area (Å²) in [5.74, 6) is 1.39. The molecule has 1 aromatic carbocycles. The summed E-state index contributed by atoms with van der Waals surface area (Å²) in [4.78, 5) is 33.2. The van der Waals surface area contributed by atoms with Gasteiger partial charge >= 0.3 is 0 Å². The predicted molar refractivity (Wildman–Crippen MR) is 104 cm³/mol. The third kappa shape index (κ3) is 3.64. The Hall–Kier alpha value is -3.29. The van der Waals surface area contributed by atoms with Gasteiger partial charge in [-0.15, -0.1) is 0 Å². The lowest BCUT2D eigenvalue weighted by Crippen LogP contribution is -2.48. The number of nitrogens with one attached hydrogen (secondary N) is 1. The van der Waals surface area contributed by atoms with E-state index in [-0.39, 0.29) is 5.91 Å². The second-order valence-corrected chi connectivity index (χ2v) is 6.61. The second-order valence-electron chi connectivity index (χ2n) is 6.61. The summed E-state index contributed by atoms with van der Waals surface area (Å²) in [5, 5.41) is 3.33. The van der Waals surface area contributed by atoms with E-state index in [9.17, 15) is 4.79 Å². The van der Waals surface area contributed by atoms with Crippen LogP contribution in [0, 0.1) is 6.92 Å². The molecule has 0 saturated carbocycles. The summed E-state index contributed by atoms with van der Waals surface area (Å²) in [6, 6.07) is 8.08. The van der Waals surface area contributed by atoms with E-state index in [0.29, 0.717) is 49.0 Å². The molecule has 27 heavy (non-hydrogen) atoms. The van der Waals surface area contributed by atoms with E-state index < -0.39 is 0 Å². The van der Waals surface area contributed by atoms with Crippen molar-refractivity contribution in [1.29, 1.82) is 0 Å². The van der Waals surface area contributed by atoms with Gasteiger partial charge in [0, 0.05) is 38.8 Å². The van der Waals surface area contributed by atoms with E-state index in [2.05, 4.69) is 31.2 Å². The molecule has 1 fully saturated rings. The number of hydrogen-bond donors (Lipinski definition) is 1. The number of anilines is 3. The fourth-order valence-electron chi connectivity index (χ4n) is 3.17. The number of nitrogens with zero attached hydrogens (tertiary/aromatic N) is 6. The van der Waals surface area contributed by atoms with Crippen LogP contribution in [-0.2, 0) is 4.79 Å². The van der Waals surface area contributed by atoms with Crippen LogP contribution in [0.4, 0.5) is 17.5 Å². The number of aryl methyl sites for hydroxylation is 1. The van der Waals surface area contributed by atoms with Crippen molar-refractivity contribution in [3.63, 3.8) is 0 Å². The van der Waals surface area contributed by atoms with Crippen molar-refractivity contribution >= 4 is 34.4 Å². The summed E-state index contributed by atoms with van der Waals surface area (Å²) in [5.41, 5.74) is 3.48. The number of fused-ring (bicyclic) bond motifs is 1. The molecule has 1 aliphatic heterocycles. The number of aromatic nitrogens is 4. The predicted octanol–water partition coefficient (Wildman–Crippen LogP) is 2.14. The van der Waals surface area contributed by atoms with E-state index in [0.717, 1.165) is 11.3 Å². The van der Waals surface area contributed by atoms with E-state index in [1.807, 2.05) is 30.0 Å². The van der Waals surface area contributed by atoms with E-state index in [1.54, 1.807) is 13.1 Å². The topological polar surface area (TPSA) is 87.1 Å². The van der Waals surface area contributed by atoms with Crippen LogP contribution < -0.4 is 10.2 Å². The van der Waals surface area contributed by atoms with Gasteiger partial charge in [-0.05, 0) is 24.6 Å². The third-order valence-corrected chi connectivity index (χ3v) is 4.65. The Morgan fingerprint density at radius 2 is 1.93 bits per heavy atom. The lowest BCUT2D eigenvalue weighted by atomic mass is 10.2. The SMILES string of the molecule is CC(=O)N1CCN(c2ncc3ncnc(Nc4cccc(C)c4)c3n2)CC1. The van der Waals surface area contributed by atoms with Crippen molar-refractivity contribution in [3.05, 3.63) is 42.4 Å². The van der Waals surface area contributed by atoms with Crippen molar-refractivity contribution in [2.45, 2.75) is 13.8 Å². The minimum atomic E-state index is 0.104. The number of carbonyl (C=O) groups excluding carboxylic acids is 1. The monoisotopic (exact) mass is 363 g/mol. The van der Waals surface area contributed by atoms with Gasteiger partial charge in [-0.1, -0.05) is 12.1 Å². The minimum Gasteiger partial charge on any atom is -0.339 e. The number of amides is 1. The highest BCUT2D eigenvalue weighted by Gasteiger charge is 2.21. The Labute approximate surface area is 157 Å². The second kappa shape index (κ2) is 7.14.